The third kappa shape index (κ3) is 4.33. The van der Waals surface area contributed by atoms with Crippen molar-refractivity contribution in [2.45, 2.75) is 11.3 Å². The number of hydrogen-bond acceptors (Lipinski definition) is 7. The van der Waals surface area contributed by atoms with Crippen molar-refractivity contribution in [2.24, 2.45) is 7.05 Å². The van der Waals surface area contributed by atoms with E-state index >= 15 is 0 Å². The molecule has 0 aliphatic carbocycles. The van der Waals surface area contributed by atoms with Crippen LogP contribution in [0.4, 0.5) is 5.69 Å². The Hall–Kier alpha value is -2.74. The fourth-order valence-electron chi connectivity index (χ4n) is 2.18. The summed E-state index contributed by atoms with van der Waals surface area (Å²) in [5.41, 5.74) is 0.663. The standard InChI is InChI=1S/C15H11Cl2N7O2S/c1-24-21-15(20-23-24)6-13-14(4-9(7-18)8-19-13)22-27(25,26)10-2-3-11(16)12(17)5-10/h2-5,8,22H,6H2,1H3. The van der Waals surface area contributed by atoms with Crippen LogP contribution in [0.1, 0.15) is 17.1 Å². The number of sulfonamides is 1. The lowest BCUT2D eigenvalue weighted by Gasteiger charge is -2.12. The third-order valence-corrected chi connectivity index (χ3v) is 5.52. The molecule has 0 amide bonds. The summed E-state index contributed by atoms with van der Waals surface area (Å²) in [6.07, 6.45) is 1.46. The molecule has 3 rings (SSSR count). The number of nitriles is 1. The van der Waals surface area contributed by atoms with Gasteiger partial charge >= 0.3 is 0 Å². The van der Waals surface area contributed by atoms with E-state index in [4.69, 9.17) is 28.5 Å². The lowest BCUT2D eigenvalue weighted by atomic mass is 10.2. The second-order valence-corrected chi connectivity index (χ2v) is 7.88. The van der Waals surface area contributed by atoms with Gasteiger partial charge in [-0.15, -0.1) is 10.2 Å². The summed E-state index contributed by atoms with van der Waals surface area (Å²) in [6.45, 7) is 0. The number of nitrogens with zero attached hydrogens (tertiary/aromatic N) is 6. The van der Waals surface area contributed by atoms with Crippen LogP contribution in [-0.2, 0) is 23.5 Å². The molecule has 2 aromatic heterocycles. The number of hydrogen-bond donors (Lipinski definition) is 1. The van der Waals surface area contributed by atoms with Crippen molar-refractivity contribution in [3.8, 4) is 6.07 Å². The van der Waals surface area contributed by atoms with Gasteiger partial charge in [0.1, 0.15) is 6.07 Å². The molecular weight excluding hydrogens is 413 g/mol. The van der Waals surface area contributed by atoms with E-state index < -0.39 is 10.0 Å². The number of pyridine rings is 1. The smallest absolute Gasteiger partial charge is 0.262 e. The number of halogens is 2. The molecule has 27 heavy (non-hydrogen) atoms. The third-order valence-electron chi connectivity index (χ3n) is 3.42. The van der Waals surface area contributed by atoms with Crippen LogP contribution in [0.2, 0.25) is 10.0 Å². The number of aryl methyl sites for hydroxylation is 1. The molecule has 0 aliphatic rings. The molecule has 0 unspecified atom stereocenters. The topological polar surface area (TPSA) is 126 Å². The van der Waals surface area contributed by atoms with Crippen molar-refractivity contribution < 1.29 is 8.42 Å². The van der Waals surface area contributed by atoms with Gasteiger partial charge in [0.05, 0.1) is 45.4 Å². The molecule has 0 spiro atoms. The summed E-state index contributed by atoms with van der Waals surface area (Å²) in [5.74, 6) is 0.352. The summed E-state index contributed by atoms with van der Waals surface area (Å²) in [4.78, 5) is 5.35. The molecule has 138 valence electrons. The minimum atomic E-state index is -3.99. The normalized spacial score (nSPS) is 11.2. The molecule has 9 nitrogen and oxygen atoms in total. The van der Waals surface area contributed by atoms with Gasteiger partial charge in [-0.1, -0.05) is 23.2 Å². The molecule has 0 saturated heterocycles. The highest BCUT2D eigenvalue weighted by Gasteiger charge is 2.19. The molecule has 12 heteroatoms. The zero-order valence-electron chi connectivity index (χ0n) is 13.8. The van der Waals surface area contributed by atoms with Gasteiger partial charge in [-0.3, -0.25) is 9.71 Å². The largest absolute Gasteiger partial charge is 0.278 e. The predicted molar refractivity (Wildman–Crippen MR) is 97.8 cm³/mol. The maximum Gasteiger partial charge on any atom is 0.262 e. The maximum absolute atomic E-state index is 12.7. The van der Waals surface area contributed by atoms with E-state index in [9.17, 15) is 8.42 Å². The molecule has 2 heterocycles. The van der Waals surface area contributed by atoms with E-state index in [-0.39, 0.29) is 32.6 Å². The van der Waals surface area contributed by atoms with Crippen molar-refractivity contribution in [1.29, 1.82) is 5.26 Å². The Kier molecular flexibility index (Phi) is 5.27. The monoisotopic (exact) mass is 423 g/mol. The van der Waals surface area contributed by atoms with Crippen LogP contribution in [-0.4, -0.2) is 33.6 Å². The average Bonchev–Trinajstić information content (AvgIpc) is 3.03. The number of anilines is 1. The van der Waals surface area contributed by atoms with Gasteiger partial charge in [-0.05, 0) is 29.5 Å². The number of rotatable bonds is 5. The molecular formula is C15H11Cl2N7O2S. The number of aromatic nitrogens is 5. The van der Waals surface area contributed by atoms with Crippen LogP contribution in [0.25, 0.3) is 0 Å². The van der Waals surface area contributed by atoms with Gasteiger partial charge in [0.2, 0.25) is 0 Å². The molecule has 1 aromatic carbocycles. The maximum atomic E-state index is 12.7. The molecule has 1 N–H and O–H groups in total. The first-order valence-corrected chi connectivity index (χ1v) is 9.62. The molecule has 0 fully saturated rings. The van der Waals surface area contributed by atoms with E-state index in [1.54, 1.807) is 7.05 Å². The minimum absolute atomic E-state index is 0.0807. The molecule has 3 aromatic rings. The van der Waals surface area contributed by atoms with Gasteiger partial charge in [-0.2, -0.15) is 10.1 Å². The molecule has 0 bridgehead atoms. The van der Waals surface area contributed by atoms with Gasteiger partial charge < -0.3 is 0 Å². The molecule has 0 aliphatic heterocycles. The SMILES string of the molecule is Cn1nnc(Cc2ncc(C#N)cc2NS(=O)(=O)c2ccc(Cl)c(Cl)c2)n1. The molecule has 0 radical (unpaired) electrons. The van der Waals surface area contributed by atoms with Crippen LogP contribution in [0.3, 0.4) is 0 Å². The zero-order chi connectivity index (χ0) is 19.6. The second kappa shape index (κ2) is 7.48. The van der Waals surface area contributed by atoms with Crippen LogP contribution < -0.4 is 4.72 Å². The van der Waals surface area contributed by atoms with E-state index in [2.05, 4.69) is 25.1 Å². The number of tetrazole rings is 1. The highest BCUT2D eigenvalue weighted by Crippen LogP contribution is 2.27. The predicted octanol–water partition coefficient (Wildman–Crippen LogP) is 2.18. The summed E-state index contributed by atoms with van der Waals surface area (Å²) >= 11 is 11.7. The fourth-order valence-corrected chi connectivity index (χ4v) is 3.64. The molecule has 0 atom stereocenters. The first-order valence-electron chi connectivity index (χ1n) is 7.38. The number of benzene rings is 1. The summed E-state index contributed by atoms with van der Waals surface area (Å²) < 4.78 is 27.8. The summed E-state index contributed by atoms with van der Waals surface area (Å²) in [5, 5.41) is 21.1. The first-order chi connectivity index (χ1) is 12.8. The van der Waals surface area contributed by atoms with E-state index in [1.807, 2.05) is 6.07 Å². The van der Waals surface area contributed by atoms with E-state index in [1.165, 1.54) is 35.3 Å². The first kappa shape index (κ1) is 19.0. The van der Waals surface area contributed by atoms with Gasteiger partial charge in [-0.25, -0.2) is 8.42 Å². The van der Waals surface area contributed by atoms with Crippen molar-refractivity contribution in [3.63, 3.8) is 0 Å². The Morgan fingerprint density at radius 2 is 2.04 bits per heavy atom. The molecule has 0 saturated carbocycles. The Morgan fingerprint density at radius 1 is 1.26 bits per heavy atom. The van der Waals surface area contributed by atoms with E-state index in [0.717, 1.165) is 0 Å². The lowest BCUT2D eigenvalue weighted by Crippen LogP contribution is -2.15. The highest BCUT2D eigenvalue weighted by molar-refractivity contribution is 7.92. The van der Waals surface area contributed by atoms with Crippen LogP contribution >= 0.6 is 23.2 Å². The summed E-state index contributed by atoms with van der Waals surface area (Å²) in [7, 11) is -2.38. The Morgan fingerprint density at radius 3 is 2.67 bits per heavy atom. The zero-order valence-corrected chi connectivity index (χ0v) is 16.1. The van der Waals surface area contributed by atoms with Gasteiger partial charge in [0, 0.05) is 6.20 Å². The fraction of sp³-hybridized carbons (Fsp3) is 0.133. The quantitative estimate of drug-likeness (QED) is 0.665. The van der Waals surface area contributed by atoms with Crippen LogP contribution in [0.5, 0.6) is 0 Å². The summed E-state index contributed by atoms with van der Waals surface area (Å²) in [6, 6.07) is 7.24. The Labute approximate surface area is 164 Å². The lowest BCUT2D eigenvalue weighted by molar-refractivity contribution is 0.601. The Balaban J connectivity index is 1.98. The Bertz CT molecular complexity index is 1160. The van der Waals surface area contributed by atoms with Crippen LogP contribution in [0.15, 0.2) is 35.4 Å². The average molecular weight is 424 g/mol. The van der Waals surface area contributed by atoms with Crippen molar-refractivity contribution in [2.75, 3.05) is 4.72 Å². The van der Waals surface area contributed by atoms with Crippen molar-refractivity contribution in [1.82, 2.24) is 25.2 Å². The van der Waals surface area contributed by atoms with Gasteiger partial charge in [0.25, 0.3) is 10.0 Å². The van der Waals surface area contributed by atoms with Crippen molar-refractivity contribution >= 4 is 38.9 Å². The number of nitrogens with one attached hydrogen (secondary N) is 1. The van der Waals surface area contributed by atoms with E-state index in [0.29, 0.717) is 11.5 Å². The van der Waals surface area contributed by atoms with Gasteiger partial charge in [0.15, 0.2) is 5.82 Å². The second-order valence-electron chi connectivity index (χ2n) is 5.38. The van der Waals surface area contributed by atoms with Crippen LogP contribution in [0, 0.1) is 11.3 Å². The van der Waals surface area contributed by atoms with Crippen molar-refractivity contribution in [3.05, 3.63) is 57.6 Å². The minimum Gasteiger partial charge on any atom is -0.278 e. The highest BCUT2D eigenvalue weighted by atomic mass is 35.5.